The van der Waals surface area contributed by atoms with Gasteiger partial charge in [0.25, 0.3) is 0 Å². The van der Waals surface area contributed by atoms with E-state index in [1.165, 1.54) is 16.7 Å². The molecule has 0 radical (unpaired) electrons. The Labute approximate surface area is 131 Å². The Morgan fingerprint density at radius 2 is 1.68 bits per heavy atom. The first-order valence-corrected chi connectivity index (χ1v) is 7.77. The molecule has 3 rings (SSSR count). The molecular weight excluding hydrogens is 268 g/mol. The number of hydrogen-bond donors (Lipinski definition) is 0. The summed E-state index contributed by atoms with van der Waals surface area (Å²) < 4.78 is 0. The van der Waals surface area contributed by atoms with Gasteiger partial charge in [-0.25, -0.2) is 4.98 Å². The van der Waals surface area contributed by atoms with Gasteiger partial charge in [-0.3, -0.25) is 4.98 Å². The summed E-state index contributed by atoms with van der Waals surface area (Å²) in [5.41, 5.74) is 6.69. The number of nitrogens with zero attached hydrogens (tertiary/aromatic N) is 2. The van der Waals surface area contributed by atoms with Crippen LogP contribution in [0, 0.1) is 6.92 Å². The molecule has 1 aromatic carbocycles. The summed E-state index contributed by atoms with van der Waals surface area (Å²) in [6.07, 6.45) is 4.02. The van der Waals surface area contributed by atoms with Crippen LogP contribution in [-0.2, 0) is 6.42 Å². The van der Waals surface area contributed by atoms with Crippen molar-refractivity contribution in [1.82, 2.24) is 9.97 Å². The minimum Gasteiger partial charge on any atom is -0.255 e. The molecule has 2 heteroatoms. The minimum absolute atomic E-state index is 0.914. The Hall–Kier alpha value is -2.48. The quantitative estimate of drug-likeness (QED) is 0.669. The van der Waals surface area contributed by atoms with Gasteiger partial charge in [0.05, 0.1) is 17.1 Å². The second-order valence-corrected chi connectivity index (χ2v) is 5.48. The molecule has 0 saturated carbocycles. The molecule has 3 aromatic rings. The Bertz CT molecular complexity index is 764. The molecule has 0 aliphatic rings. The first-order valence-electron chi connectivity index (χ1n) is 7.77. The Morgan fingerprint density at radius 3 is 2.45 bits per heavy atom. The summed E-state index contributed by atoms with van der Waals surface area (Å²) in [6.45, 7) is 4.33. The molecule has 0 atom stereocenters. The topological polar surface area (TPSA) is 25.8 Å². The van der Waals surface area contributed by atoms with E-state index in [1.54, 1.807) is 0 Å². The van der Waals surface area contributed by atoms with Crippen LogP contribution in [0.5, 0.6) is 0 Å². The molecule has 2 heterocycles. The second-order valence-electron chi connectivity index (χ2n) is 5.48. The maximum atomic E-state index is 4.89. The zero-order valence-corrected chi connectivity index (χ0v) is 13.1. The lowest BCUT2D eigenvalue weighted by Crippen LogP contribution is -1.96. The summed E-state index contributed by atoms with van der Waals surface area (Å²) in [5, 5.41) is 0. The zero-order valence-electron chi connectivity index (χ0n) is 13.1. The minimum atomic E-state index is 0.914. The molecule has 110 valence electrons. The molecule has 2 aromatic heterocycles. The molecule has 0 amide bonds. The Morgan fingerprint density at radius 1 is 0.864 bits per heavy atom. The molecular formula is C20H20N2. The number of aryl methyl sites for hydroxylation is 2. The van der Waals surface area contributed by atoms with Crippen molar-refractivity contribution in [3.8, 4) is 22.6 Å². The Balaban J connectivity index is 2.12. The zero-order chi connectivity index (χ0) is 15.4. The van der Waals surface area contributed by atoms with Gasteiger partial charge >= 0.3 is 0 Å². The van der Waals surface area contributed by atoms with Crippen molar-refractivity contribution in [1.29, 1.82) is 0 Å². The van der Waals surface area contributed by atoms with E-state index in [2.05, 4.69) is 49.2 Å². The van der Waals surface area contributed by atoms with Crippen molar-refractivity contribution >= 4 is 0 Å². The van der Waals surface area contributed by atoms with Gasteiger partial charge in [0, 0.05) is 11.8 Å². The summed E-state index contributed by atoms with van der Waals surface area (Å²) in [6, 6.07) is 18.7. The number of aromatic nitrogens is 2. The van der Waals surface area contributed by atoms with Gasteiger partial charge in [-0.2, -0.15) is 0 Å². The molecule has 0 fully saturated rings. The van der Waals surface area contributed by atoms with Crippen molar-refractivity contribution in [2.45, 2.75) is 26.7 Å². The van der Waals surface area contributed by atoms with E-state index < -0.39 is 0 Å². The van der Waals surface area contributed by atoms with Crippen molar-refractivity contribution in [2.24, 2.45) is 0 Å². The standard InChI is InChI=1S/C20H20N2/c1-3-8-16-9-4-5-10-17(16)20-15(2)12-13-19(22-20)18-11-6-7-14-21-18/h4-7,9-14H,3,8H2,1-2H3. The van der Waals surface area contributed by atoms with Gasteiger partial charge in [-0.1, -0.05) is 49.7 Å². The first kappa shape index (κ1) is 14.5. The summed E-state index contributed by atoms with van der Waals surface area (Å²) in [7, 11) is 0. The number of benzene rings is 1. The molecule has 0 spiro atoms. The Kier molecular flexibility index (Phi) is 4.29. The molecule has 0 unspecified atom stereocenters. The normalized spacial score (nSPS) is 10.6. The van der Waals surface area contributed by atoms with E-state index >= 15 is 0 Å². The lowest BCUT2D eigenvalue weighted by molar-refractivity contribution is 0.922. The monoisotopic (exact) mass is 288 g/mol. The molecule has 2 nitrogen and oxygen atoms in total. The number of pyridine rings is 2. The average molecular weight is 288 g/mol. The number of hydrogen-bond acceptors (Lipinski definition) is 2. The fourth-order valence-corrected chi connectivity index (χ4v) is 2.70. The van der Waals surface area contributed by atoms with Crippen molar-refractivity contribution in [3.63, 3.8) is 0 Å². The van der Waals surface area contributed by atoms with E-state index in [1.807, 2.05) is 30.5 Å². The van der Waals surface area contributed by atoms with E-state index in [9.17, 15) is 0 Å². The van der Waals surface area contributed by atoms with Gasteiger partial charge in [0.2, 0.25) is 0 Å². The van der Waals surface area contributed by atoms with Crippen LogP contribution < -0.4 is 0 Å². The molecule has 0 N–H and O–H groups in total. The summed E-state index contributed by atoms with van der Waals surface area (Å²) >= 11 is 0. The van der Waals surface area contributed by atoms with Gasteiger partial charge in [-0.15, -0.1) is 0 Å². The van der Waals surface area contributed by atoms with Crippen molar-refractivity contribution in [3.05, 3.63) is 71.9 Å². The van der Waals surface area contributed by atoms with Crippen LogP contribution in [0.3, 0.4) is 0 Å². The van der Waals surface area contributed by atoms with E-state index in [0.717, 1.165) is 29.9 Å². The average Bonchev–Trinajstić information content (AvgIpc) is 2.57. The van der Waals surface area contributed by atoms with Gasteiger partial charge in [0.1, 0.15) is 0 Å². The van der Waals surface area contributed by atoms with Crippen LogP contribution >= 0.6 is 0 Å². The molecule has 0 aliphatic carbocycles. The second kappa shape index (κ2) is 6.52. The highest BCUT2D eigenvalue weighted by molar-refractivity contribution is 5.70. The first-order chi connectivity index (χ1) is 10.8. The maximum Gasteiger partial charge on any atom is 0.0893 e. The van der Waals surface area contributed by atoms with Crippen molar-refractivity contribution < 1.29 is 0 Å². The molecule has 0 aliphatic heterocycles. The van der Waals surface area contributed by atoms with E-state index in [4.69, 9.17) is 4.98 Å². The fourth-order valence-electron chi connectivity index (χ4n) is 2.70. The van der Waals surface area contributed by atoms with Crippen LogP contribution in [0.4, 0.5) is 0 Å². The van der Waals surface area contributed by atoms with Gasteiger partial charge in [0.15, 0.2) is 0 Å². The van der Waals surface area contributed by atoms with Crippen molar-refractivity contribution in [2.75, 3.05) is 0 Å². The molecule has 22 heavy (non-hydrogen) atoms. The van der Waals surface area contributed by atoms with Gasteiger partial charge < -0.3 is 0 Å². The van der Waals surface area contributed by atoms with Crippen LogP contribution in [-0.4, -0.2) is 9.97 Å². The fraction of sp³-hybridized carbons (Fsp3) is 0.200. The van der Waals surface area contributed by atoms with E-state index in [0.29, 0.717) is 0 Å². The van der Waals surface area contributed by atoms with Gasteiger partial charge in [-0.05, 0) is 42.7 Å². The predicted octanol–water partition coefficient (Wildman–Crippen LogP) is 5.07. The predicted molar refractivity (Wildman–Crippen MR) is 91.6 cm³/mol. The van der Waals surface area contributed by atoms with Crippen LogP contribution in [0.15, 0.2) is 60.8 Å². The highest BCUT2D eigenvalue weighted by Gasteiger charge is 2.10. The third-order valence-electron chi connectivity index (χ3n) is 3.82. The highest BCUT2D eigenvalue weighted by atomic mass is 14.8. The lowest BCUT2D eigenvalue weighted by Gasteiger charge is -2.12. The molecule has 0 saturated heterocycles. The SMILES string of the molecule is CCCc1ccccc1-c1nc(-c2ccccn2)ccc1C. The third-order valence-corrected chi connectivity index (χ3v) is 3.82. The summed E-state index contributed by atoms with van der Waals surface area (Å²) in [5.74, 6) is 0. The number of rotatable bonds is 4. The van der Waals surface area contributed by atoms with Crippen LogP contribution in [0.2, 0.25) is 0 Å². The van der Waals surface area contributed by atoms with E-state index in [-0.39, 0.29) is 0 Å². The van der Waals surface area contributed by atoms with Crippen LogP contribution in [0.1, 0.15) is 24.5 Å². The lowest BCUT2D eigenvalue weighted by atomic mass is 9.97. The molecule has 0 bridgehead atoms. The highest BCUT2D eigenvalue weighted by Crippen LogP contribution is 2.28. The maximum absolute atomic E-state index is 4.89. The largest absolute Gasteiger partial charge is 0.255 e. The van der Waals surface area contributed by atoms with Crippen LogP contribution in [0.25, 0.3) is 22.6 Å². The third kappa shape index (κ3) is 2.91. The summed E-state index contributed by atoms with van der Waals surface area (Å²) in [4.78, 5) is 9.30. The smallest absolute Gasteiger partial charge is 0.0893 e.